The monoisotopic (exact) mass is 454 g/mol. The lowest BCUT2D eigenvalue weighted by atomic mass is 10.1. The van der Waals surface area contributed by atoms with Gasteiger partial charge >= 0.3 is 5.97 Å². The summed E-state index contributed by atoms with van der Waals surface area (Å²) in [6.45, 7) is 2.82. The molecule has 1 saturated heterocycles. The van der Waals surface area contributed by atoms with Crippen LogP contribution in [-0.4, -0.2) is 50.6 Å². The van der Waals surface area contributed by atoms with Crippen LogP contribution in [0, 0.1) is 0 Å². The van der Waals surface area contributed by atoms with Crippen LogP contribution < -0.4 is 15.4 Å². The van der Waals surface area contributed by atoms with Gasteiger partial charge in [0.25, 0.3) is 0 Å². The zero-order valence-corrected chi connectivity index (χ0v) is 18.1. The molecule has 2 aromatic carbocycles. The fraction of sp³-hybridized carbons (Fsp3) is 0.381. The van der Waals surface area contributed by atoms with Crippen LogP contribution in [0.3, 0.4) is 0 Å². The number of halogens is 2. The number of ether oxygens (including phenoxy) is 3. The van der Waals surface area contributed by atoms with E-state index in [4.69, 9.17) is 37.4 Å². The van der Waals surface area contributed by atoms with Crippen molar-refractivity contribution in [3.8, 4) is 11.5 Å². The van der Waals surface area contributed by atoms with Gasteiger partial charge in [-0.15, -0.1) is 0 Å². The number of hydrogen-bond donors (Lipinski definition) is 3. The molecule has 3 rings (SSSR count). The van der Waals surface area contributed by atoms with Crippen LogP contribution in [-0.2, 0) is 16.0 Å². The van der Waals surface area contributed by atoms with Crippen molar-refractivity contribution in [1.29, 1.82) is 0 Å². The summed E-state index contributed by atoms with van der Waals surface area (Å²) in [4.78, 5) is 12.4. The molecule has 0 aliphatic carbocycles. The molecule has 30 heavy (non-hydrogen) atoms. The van der Waals surface area contributed by atoms with Crippen LogP contribution in [0.25, 0.3) is 0 Å². The number of benzene rings is 2. The topological polar surface area (TPSA) is 89.0 Å². The molecule has 1 heterocycles. The number of hydrogen-bond acceptors (Lipinski definition) is 7. The Hall–Kier alpha value is -2.19. The van der Waals surface area contributed by atoms with E-state index in [0.717, 1.165) is 13.1 Å². The molecule has 0 saturated carbocycles. The fourth-order valence-electron chi connectivity index (χ4n) is 3.09. The summed E-state index contributed by atoms with van der Waals surface area (Å²) in [6, 6.07) is 8.16. The Balaban J connectivity index is 1.59. The van der Waals surface area contributed by atoms with Crippen LogP contribution in [0.5, 0.6) is 11.5 Å². The quantitative estimate of drug-likeness (QED) is 0.521. The maximum Gasteiger partial charge on any atom is 0.341 e. The second-order valence-corrected chi connectivity index (χ2v) is 7.63. The highest BCUT2D eigenvalue weighted by Gasteiger charge is 2.17. The van der Waals surface area contributed by atoms with Gasteiger partial charge in [-0.05, 0) is 24.3 Å². The van der Waals surface area contributed by atoms with Crippen LogP contribution in [0.15, 0.2) is 30.3 Å². The van der Waals surface area contributed by atoms with Crippen molar-refractivity contribution in [3.63, 3.8) is 0 Å². The minimum Gasteiger partial charge on any atom is -0.506 e. The largest absolute Gasteiger partial charge is 0.506 e. The summed E-state index contributed by atoms with van der Waals surface area (Å²) in [5, 5.41) is 17.1. The Labute approximate surface area is 185 Å². The predicted octanol–water partition coefficient (Wildman–Crippen LogP) is 3.86. The van der Waals surface area contributed by atoms with E-state index in [-0.39, 0.29) is 30.0 Å². The van der Waals surface area contributed by atoms with E-state index in [2.05, 4.69) is 10.6 Å². The molecule has 0 radical (unpaired) electrons. The number of methoxy groups -OCH3 is 1. The minimum atomic E-state index is -0.457. The third-order valence-corrected chi connectivity index (χ3v) is 5.20. The van der Waals surface area contributed by atoms with E-state index in [1.165, 1.54) is 13.2 Å². The van der Waals surface area contributed by atoms with Crippen molar-refractivity contribution in [2.45, 2.75) is 19.1 Å². The van der Waals surface area contributed by atoms with Crippen molar-refractivity contribution in [2.75, 3.05) is 38.7 Å². The average molecular weight is 455 g/mol. The number of aromatic hydroxyl groups is 1. The highest BCUT2D eigenvalue weighted by atomic mass is 35.5. The first-order chi connectivity index (χ1) is 14.5. The third kappa shape index (κ3) is 5.92. The molecule has 2 aromatic rings. The number of morpholine rings is 1. The molecular weight excluding hydrogens is 431 g/mol. The second-order valence-electron chi connectivity index (χ2n) is 6.79. The van der Waals surface area contributed by atoms with E-state index in [9.17, 15) is 9.90 Å². The zero-order chi connectivity index (χ0) is 21.5. The molecule has 1 aliphatic rings. The summed E-state index contributed by atoms with van der Waals surface area (Å²) in [7, 11) is 1.49. The smallest absolute Gasteiger partial charge is 0.341 e. The Morgan fingerprint density at radius 3 is 2.90 bits per heavy atom. The van der Waals surface area contributed by atoms with Gasteiger partial charge in [0.05, 0.1) is 31.5 Å². The molecule has 7 nitrogen and oxygen atoms in total. The van der Waals surface area contributed by atoms with Gasteiger partial charge in [-0.2, -0.15) is 0 Å². The molecule has 1 fully saturated rings. The lowest BCUT2D eigenvalue weighted by Gasteiger charge is -2.23. The summed E-state index contributed by atoms with van der Waals surface area (Å²) in [6.07, 6.45) is 0.684. The molecule has 9 heteroatoms. The van der Waals surface area contributed by atoms with Crippen LogP contribution >= 0.6 is 23.2 Å². The zero-order valence-electron chi connectivity index (χ0n) is 16.5. The Kier molecular flexibility index (Phi) is 8.04. The maximum atomic E-state index is 12.4. The van der Waals surface area contributed by atoms with Gasteiger partial charge in [0, 0.05) is 48.4 Å². The van der Waals surface area contributed by atoms with E-state index in [0.29, 0.717) is 40.6 Å². The summed E-state index contributed by atoms with van der Waals surface area (Å²) in [5.41, 5.74) is 1.58. The lowest BCUT2D eigenvalue weighted by molar-refractivity contribution is 0.00498. The molecule has 3 N–H and O–H groups in total. The van der Waals surface area contributed by atoms with Gasteiger partial charge in [0.1, 0.15) is 17.1 Å². The van der Waals surface area contributed by atoms with Crippen LogP contribution in [0.1, 0.15) is 22.3 Å². The summed E-state index contributed by atoms with van der Waals surface area (Å²) < 4.78 is 16.3. The first kappa shape index (κ1) is 22.5. The molecule has 1 atom stereocenters. The van der Waals surface area contributed by atoms with Gasteiger partial charge in [-0.25, -0.2) is 4.79 Å². The number of carbonyl (C=O) groups excluding carboxylic acids is 1. The maximum absolute atomic E-state index is 12.4. The number of carbonyl (C=O) groups is 1. The Morgan fingerprint density at radius 2 is 2.17 bits per heavy atom. The van der Waals surface area contributed by atoms with E-state index >= 15 is 0 Å². The van der Waals surface area contributed by atoms with Gasteiger partial charge in [-0.1, -0.05) is 23.2 Å². The first-order valence-corrected chi connectivity index (χ1v) is 10.3. The highest BCUT2D eigenvalue weighted by Crippen LogP contribution is 2.32. The first-order valence-electron chi connectivity index (χ1n) is 9.56. The summed E-state index contributed by atoms with van der Waals surface area (Å²) >= 11 is 11.9. The second kappa shape index (κ2) is 10.7. The van der Waals surface area contributed by atoms with Gasteiger partial charge in [0.15, 0.2) is 0 Å². The van der Waals surface area contributed by atoms with Crippen molar-refractivity contribution >= 4 is 34.9 Å². The van der Waals surface area contributed by atoms with Gasteiger partial charge in [-0.3, -0.25) is 0 Å². The van der Waals surface area contributed by atoms with Crippen molar-refractivity contribution in [2.24, 2.45) is 0 Å². The molecule has 0 aromatic heterocycles. The number of anilines is 1. The average Bonchev–Trinajstić information content (AvgIpc) is 2.75. The molecule has 0 spiro atoms. The molecule has 162 valence electrons. The summed E-state index contributed by atoms with van der Waals surface area (Å²) in [5.74, 6) is -0.103. The lowest BCUT2D eigenvalue weighted by Crippen LogP contribution is -2.39. The predicted molar refractivity (Wildman–Crippen MR) is 116 cm³/mol. The molecule has 1 aliphatic heterocycles. The number of phenols is 1. The van der Waals surface area contributed by atoms with Gasteiger partial charge in [0.2, 0.25) is 0 Å². The molecule has 0 bridgehead atoms. The van der Waals surface area contributed by atoms with Gasteiger partial charge < -0.3 is 30.0 Å². The standard InChI is InChI=1S/C21H24Cl2N2O5/c1-28-19-10-15(25-11-13-8-14(22)9-18(23)20(13)26)2-3-17(19)21(27)30-6-4-16-12-24-5-7-29-16/h2-3,8-10,16,24-26H,4-7,11-12H2,1H3. The molecular formula is C21H24Cl2N2O5. The highest BCUT2D eigenvalue weighted by molar-refractivity contribution is 6.35. The number of esters is 1. The van der Waals surface area contributed by atoms with E-state index in [1.807, 2.05) is 0 Å². The molecule has 0 amide bonds. The number of phenolic OH excluding ortho intramolecular Hbond substituents is 1. The Morgan fingerprint density at radius 1 is 1.33 bits per heavy atom. The Bertz CT molecular complexity index is 888. The van der Waals surface area contributed by atoms with Crippen molar-refractivity contribution < 1.29 is 24.1 Å². The van der Waals surface area contributed by atoms with E-state index < -0.39 is 5.97 Å². The van der Waals surface area contributed by atoms with Crippen LogP contribution in [0.4, 0.5) is 5.69 Å². The number of rotatable bonds is 8. The third-order valence-electron chi connectivity index (χ3n) is 4.69. The van der Waals surface area contributed by atoms with E-state index in [1.54, 1.807) is 24.3 Å². The van der Waals surface area contributed by atoms with Crippen molar-refractivity contribution in [1.82, 2.24) is 5.32 Å². The SMILES string of the molecule is COc1cc(NCc2cc(Cl)cc(Cl)c2O)ccc1C(=O)OCCC1CNCCO1. The number of nitrogens with one attached hydrogen (secondary N) is 2. The minimum absolute atomic E-state index is 0.0297. The normalized spacial score (nSPS) is 16.2. The fourth-order valence-corrected chi connectivity index (χ4v) is 3.62. The van der Waals surface area contributed by atoms with Crippen molar-refractivity contribution in [3.05, 3.63) is 51.5 Å². The molecule has 1 unspecified atom stereocenters. The van der Waals surface area contributed by atoms with Crippen LogP contribution in [0.2, 0.25) is 10.0 Å².